The molecule has 112 valence electrons. The van der Waals surface area contributed by atoms with Crippen LogP contribution in [0.25, 0.3) is 0 Å². The molecule has 1 nitrogen and oxygen atoms in total. The molecule has 0 heterocycles. The van der Waals surface area contributed by atoms with Crippen molar-refractivity contribution in [1.29, 1.82) is 0 Å². The van der Waals surface area contributed by atoms with Crippen LogP contribution in [-0.4, -0.2) is 17.8 Å². The maximum absolute atomic E-state index is 14.4. The van der Waals surface area contributed by atoms with E-state index in [1.807, 2.05) is 30.3 Å². The van der Waals surface area contributed by atoms with E-state index in [0.717, 1.165) is 10.7 Å². The summed E-state index contributed by atoms with van der Waals surface area (Å²) in [5.41, 5.74) is 1.65. The SMILES string of the molecule is COc1cccc(CC(CBr)(CBr)c2ccccc2)c1F. The molecule has 2 rings (SSSR count). The Labute approximate surface area is 141 Å². The van der Waals surface area contributed by atoms with E-state index in [1.165, 1.54) is 12.7 Å². The van der Waals surface area contributed by atoms with Crippen molar-refractivity contribution in [3.8, 4) is 5.75 Å². The summed E-state index contributed by atoms with van der Waals surface area (Å²) < 4.78 is 19.5. The van der Waals surface area contributed by atoms with Gasteiger partial charge in [0.15, 0.2) is 11.6 Å². The largest absolute Gasteiger partial charge is 0.494 e. The van der Waals surface area contributed by atoms with Crippen LogP contribution in [0.5, 0.6) is 5.75 Å². The first-order chi connectivity index (χ1) is 10.2. The number of halogens is 3. The molecule has 0 amide bonds. The predicted octanol–water partition coefficient (Wildman–Crippen LogP) is 5.10. The number of alkyl halides is 2. The van der Waals surface area contributed by atoms with E-state index in [9.17, 15) is 4.39 Å². The maximum Gasteiger partial charge on any atom is 0.168 e. The van der Waals surface area contributed by atoms with Crippen LogP contribution in [0, 0.1) is 5.82 Å². The molecular formula is C17H17Br2FO. The molecule has 2 aromatic carbocycles. The van der Waals surface area contributed by atoms with Crippen LogP contribution in [0.1, 0.15) is 11.1 Å². The van der Waals surface area contributed by atoms with Crippen molar-refractivity contribution in [3.05, 3.63) is 65.5 Å². The van der Waals surface area contributed by atoms with Gasteiger partial charge >= 0.3 is 0 Å². The van der Waals surface area contributed by atoms with E-state index >= 15 is 0 Å². The molecule has 2 aromatic rings. The molecule has 0 unspecified atom stereocenters. The molecule has 21 heavy (non-hydrogen) atoms. The summed E-state index contributed by atoms with van der Waals surface area (Å²) in [6.45, 7) is 0. The van der Waals surface area contributed by atoms with Crippen molar-refractivity contribution in [2.75, 3.05) is 17.8 Å². The standard InChI is InChI=1S/C17H17Br2FO/c1-21-15-9-5-6-13(16(15)20)10-17(11-18,12-19)14-7-3-2-4-8-14/h2-9H,10-12H2,1H3. The lowest BCUT2D eigenvalue weighted by Gasteiger charge is -2.31. The molecule has 0 spiro atoms. The number of benzene rings is 2. The fourth-order valence-electron chi connectivity index (χ4n) is 2.39. The molecule has 0 radical (unpaired) electrons. The highest BCUT2D eigenvalue weighted by atomic mass is 79.9. The van der Waals surface area contributed by atoms with E-state index in [1.54, 1.807) is 6.07 Å². The third-order valence-electron chi connectivity index (χ3n) is 3.69. The van der Waals surface area contributed by atoms with Gasteiger partial charge in [-0.05, 0) is 23.6 Å². The van der Waals surface area contributed by atoms with Gasteiger partial charge in [0.1, 0.15) is 0 Å². The Morgan fingerprint density at radius 1 is 1.00 bits per heavy atom. The highest BCUT2D eigenvalue weighted by molar-refractivity contribution is 9.09. The highest BCUT2D eigenvalue weighted by Gasteiger charge is 2.31. The molecule has 0 bridgehead atoms. The lowest BCUT2D eigenvalue weighted by Crippen LogP contribution is -2.33. The Hall–Kier alpha value is -0.870. The van der Waals surface area contributed by atoms with Gasteiger partial charge in [0.05, 0.1) is 7.11 Å². The van der Waals surface area contributed by atoms with Crippen LogP contribution in [0.15, 0.2) is 48.5 Å². The van der Waals surface area contributed by atoms with Crippen LogP contribution in [0.4, 0.5) is 4.39 Å². The van der Waals surface area contributed by atoms with Crippen LogP contribution >= 0.6 is 31.9 Å². The number of hydrogen-bond donors (Lipinski definition) is 0. The molecule has 0 N–H and O–H groups in total. The van der Waals surface area contributed by atoms with E-state index in [4.69, 9.17) is 4.74 Å². The number of ether oxygens (including phenoxy) is 1. The van der Waals surface area contributed by atoms with E-state index < -0.39 is 0 Å². The summed E-state index contributed by atoms with van der Waals surface area (Å²) in [6.07, 6.45) is 0.594. The summed E-state index contributed by atoms with van der Waals surface area (Å²) in [5.74, 6) is 0.0146. The van der Waals surface area contributed by atoms with Crippen molar-refractivity contribution in [3.63, 3.8) is 0 Å². The first-order valence-electron chi connectivity index (χ1n) is 6.65. The minimum Gasteiger partial charge on any atom is -0.494 e. The number of hydrogen-bond acceptors (Lipinski definition) is 1. The van der Waals surface area contributed by atoms with Crippen LogP contribution in [0.3, 0.4) is 0 Å². The Morgan fingerprint density at radius 3 is 2.24 bits per heavy atom. The van der Waals surface area contributed by atoms with Gasteiger partial charge in [0, 0.05) is 16.1 Å². The zero-order valence-electron chi connectivity index (χ0n) is 11.8. The minimum atomic E-state index is -0.276. The quantitative estimate of drug-likeness (QED) is 0.596. The van der Waals surface area contributed by atoms with Gasteiger partial charge in [-0.3, -0.25) is 0 Å². The van der Waals surface area contributed by atoms with Crippen molar-refractivity contribution in [2.45, 2.75) is 11.8 Å². The summed E-state index contributed by atoms with van der Waals surface area (Å²) in [6, 6.07) is 15.5. The lowest BCUT2D eigenvalue weighted by molar-refractivity contribution is 0.382. The second-order valence-corrected chi connectivity index (χ2v) is 6.15. The van der Waals surface area contributed by atoms with Gasteiger partial charge in [-0.1, -0.05) is 74.3 Å². The summed E-state index contributed by atoms with van der Waals surface area (Å²) >= 11 is 7.21. The third kappa shape index (κ3) is 3.49. The van der Waals surface area contributed by atoms with Crippen molar-refractivity contribution in [2.24, 2.45) is 0 Å². The van der Waals surface area contributed by atoms with Crippen molar-refractivity contribution in [1.82, 2.24) is 0 Å². The monoisotopic (exact) mass is 414 g/mol. The summed E-state index contributed by atoms with van der Waals surface area (Å²) in [4.78, 5) is 0. The molecular weight excluding hydrogens is 399 g/mol. The van der Waals surface area contributed by atoms with Gasteiger partial charge in [0.25, 0.3) is 0 Å². The molecule has 0 saturated carbocycles. The molecule has 0 fully saturated rings. The average molecular weight is 416 g/mol. The fraction of sp³-hybridized carbons (Fsp3) is 0.294. The molecule has 4 heteroatoms. The Balaban J connectivity index is 2.42. The van der Waals surface area contributed by atoms with Crippen molar-refractivity contribution < 1.29 is 9.13 Å². The average Bonchev–Trinajstić information content (AvgIpc) is 2.55. The minimum absolute atomic E-state index is 0.200. The van der Waals surface area contributed by atoms with Crippen molar-refractivity contribution >= 4 is 31.9 Å². The molecule has 0 aliphatic heterocycles. The molecule has 0 atom stereocenters. The Kier molecular flexibility index (Phi) is 5.82. The van der Waals surface area contributed by atoms with Gasteiger partial charge < -0.3 is 4.74 Å². The summed E-state index contributed by atoms with van der Waals surface area (Å²) in [5, 5.41) is 1.48. The normalized spacial score (nSPS) is 11.4. The second kappa shape index (κ2) is 7.41. The zero-order chi connectivity index (χ0) is 15.3. The van der Waals surface area contributed by atoms with E-state index in [0.29, 0.717) is 17.7 Å². The van der Waals surface area contributed by atoms with E-state index in [2.05, 4.69) is 44.0 Å². The second-order valence-electron chi connectivity index (χ2n) is 5.02. The zero-order valence-corrected chi connectivity index (χ0v) is 15.0. The molecule has 0 aliphatic rings. The fourth-order valence-corrected chi connectivity index (χ4v) is 4.37. The summed E-state index contributed by atoms with van der Waals surface area (Å²) in [7, 11) is 1.49. The maximum atomic E-state index is 14.4. The Bertz CT molecular complexity index is 583. The van der Waals surface area contributed by atoms with Gasteiger partial charge in [-0.2, -0.15) is 0 Å². The highest BCUT2D eigenvalue weighted by Crippen LogP contribution is 2.34. The predicted molar refractivity (Wildman–Crippen MR) is 92.4 cm³/mol. The molecule has 0 aromatic heterocycles. The van der Waals surface area contributed by atoms with Crippen LogP contribution in [-0.2, 0) is 11.8 Å². The third-order valence-corrected chi connectivity index (χ3v) is 5.84. The number of methoxy groups -OCH3 is 1. The van der Waals surface area contributed by atoms with E-state index in [-0.39, 0.29) is 11.2 Å². The van der Waals surface area contributed by atoms with Gasteiger partial charge in [0.2, 0.25) is 0 Å². The first kappa shape index (κ1) is 16.5. The van der Waals surface area contributed by atoms with Crippen LogP contribution < -0.4 is 4.74 Å². The lowest BCUT2D eigenvalue weighted by atomic mass is 9.79. The number of rotatable bonds is 6. The van der Waals surface area contributed by atoms with Crippen LogP contribution in [0.2, 0.25) is 0 Å². The first-order valence-corrected chi connectivity index (χ1v) is 8.90. The smallest absolute Gasteiger partial charge is 0.168 e. The molecule has 0 saturated heterocycles. The molecule has 0 aliphatic carbocycles. The topological polar surface area (TPSA) is 9.23 Å². The van der Waals surface area contributed by atoms with Gasteiger partial charge in [-0.25, -0.2) is 4.39 Å². The van der Waals surface area contributed by atoms with Gasteiger partial charge in [-0.15, -0.1) is 0 Å². The Morgan fingerprint density at radius 2 is 1.67 bits per heavy atom.